The van der Waals surface area contributed by atoms with Gasteiger partial charge in [0.1, 0.15) is 18.0 Å². The molecule has 0 N–H and O–H groups in total. The van der Waals surface area contributed by atoms with Gasteiger partial charge >= 0.3 is 5.97 Å². The lowest BCUT2D eigenvalue weighted by Crippen LogP contribution is -2.26. The average molecular weight is 372 g/mol. The van der Waals surface area contributed by atoms with Crippen LogP contribution in [0, 0.1) is 13.8 Å². The summed E-state index contributed by atoms with van der Waals surface area (Å²) in [7, 11) is 1.53. The van der Waals surface area contributed by atoms with Crippen LogP contribution >= 0.6 is 11.3 Å². The summed E-state index contributed by atoms with van der Waals surface area (Å²) < 4.78 is 11.2. The molecular formula is C19H20N2O4S. The zero-order chi connectivity index (χ0) is 18.7. The normalized spacial score (nSPS) is 11.0. The number of thiophene rings is 1. The maximum atomic E-state index is 12.9. The summed E-state index contributed by atoms with van der Waals surface area (Å²) in [5, 5.41) is 2.48. The topological polar surface area (TPSA) is 70.4 Å². The summed E-state index contributed by atoms with van der Waals surface area (Å²) in [6.45, 7) is 4.36. The van der Waals surface area contributed by atoms with Crippen molar-refractivity contribution in [1.29, 1.82) is 0 Å². The van der Waals surface area contributed by atoms with Crippen molar-refractivity contribution in [2.24, 2.45) is 0 Å². The standard InChI is InChI=1S/C19H20N2O4S/c1-12-4-5-14(13(2)8-12)15-10-26-18-17(15)19(23)21(11-20-18)9-16(22)25-7-6-24-3/h4-5,8,10-11H,6-7,9H2,1-3H3. The Labute approximate surface area is 155 Å². The first-order valence-electron chi connectivity index (χ1n) is 8.20. The van der Waals surface area contributed by atoms with Gasteiger partial charge in [0, 0.05) is 18.1 Å². The summed E-state index contributed by atoms with van der Waals surface area (Å²) in [6, 6.07) is 6.12. The minimum atomic E-state index is -0.492. The van der Waals surface area contributed by atoms with Crippen LogP contribution in [0.3, 0.4) is 0 Å². The number of nitrogens with zero attached hydrogens (tertiary/aromatic N) is 2. The van der Waals surface area contributed by atoms with Crippen LogP contribution in [0.15, 0.2) is 34.7 Å². The highest BCUT2D eigenvalue weighted by Gasteiger charge is 2.16. The third-order valence-electron chi connectivity index (χ3n) is 4.08. The van der Waals surface area contributed by atoms with Crippen LogP contribution in [-0.4, -0.2) is 35.8 Å². The molecule has 0 unspecified atom stereocenters. The number of fused-ring (bicyclic) bond motifs is 1. The lowest BCUT2D eigenvalue weighted by Gasteiger charge is -2.08. The number of esters is 1. The summed E-state index contributed by atoms with van der Waals surface area (Å²) >= 11 is 1.42. The van der Waals surface area contributed by atoms with E-state index in [0.29, 0.717) is 16.8 Å². The van der Waals surface area contributed by atoms with Gasteiger partial charge < -0.3 is 9.47 Å². The van der Waals surface area contributed by atoms with E-state index >= 15 is 0 Å². The predicted octanol–water partition coefficient (Wildman–Crippen LogP) is 2.93. The highest BCUT2D eigenvalue weighted by atomic mass is 32.1. The molecule has 3 rings (SSSR count). The van der Waals surface area contributed by atoms with Gasteiger partial charge in [0.05, 0.1) is 18.3 Å². The molecule has 0 spiro atoms. The first-order chi connectivity index (χ1) is 12.5. The number of ether oxygens (including phenoxy) is 2. The van der Waals surface area contributed by atoms with Crippen molar-refractivity contribution in [3.63, 3.8) is 0 Å². The first kappa shape index (κ1) is 18.3. The van der Waals surface area contributed by atoms with Gasteiger partial charge in [-0.3, -0.25) is 14.2 Å². The Bertz CT molecular complexity index is 1010. The third-order valence-corrected chi connectivity index (χ3v) is 4.97. The van der Waals surface area contributed by atoms with E-state index in [2.05, 4.69) is 11.1 Å². The van der Waals surface area contributed by atoms with E-state index in [4.69, 9.17) is 9.47 Å². The van der Waals surface area contributed by atoms with Gasteiger partial charge in [0.25, 0.3) is 5.56 Å². The van der Waals surface area contributed by atoms with Gasteiger partial charge in [-0.2, -0.15) is 0 Å². The molecule has 0 aliphatic rings. The van der Waals surface area contributed by atoms with Crippen LogP contribution in [-0.2, 0) is 20.8 Å². The Hall–Kier alpha value is -2.51. The smallest absolute Gasteiger partial charge is 0.326 e. The molecule has 0 fully saturated rings. The zero-order valence-corrected chi connectivity index (χ0v) is 15.8. The van der Waals surface area contributed by atoms with Crippen LogP contribution in [0.5, 0.6) is 0 Å². The number of rotatable bonds is 6. The van der Waals surface area contributed by atoms with Crippen molar-refractivity contribution in [2.45, 2.75) is 20.4 Å². The Morgan fingerprint density at radius 1 is 1.23 bits per heavy atom. The maximum absolute atomic E-state index is 12.9. The number of benzene rings is 1. The molecule has 0 saturated heterocycles. The van der Waals surface area contributed by atoms with Gasteiger partial charge in [-0.05, 0) is 25.0 Å². The number of carbonyl (C=O) groups is 1. The van der Waals surface area contributed by atoms with E-state index in [-0.39, 0.29) is 18.7 Å². The van der Waals surface area contributed by atoms with Crippen molar-refractivity contribution in [3.8, 4) is 11.1 Å². The van der Waals surface area contributed by atoms with E-state index in [1.165, 1.54) is 34.9 Å². The second-order valence-electron chi connectivity index (χ2n) is 6.04. The number of aromatic nitrogens is 2. The zero-order valence-electron chi connectivity index (χ0n) is 14.9. The number of hydrogen-bond donors (Lipinski definition) is 0. The molecule has 1 aromatic carbocycles. The molecule has 26 heavy (non-hydrogen) atoms. The molecule has 6 nitrogen and oxygen atoms in total. The molecular weight excluding hydrogens is 352 g/mol. The second kappa shape index (κ2) is 7.80. The van der Waals surface area contributed by atoms with Crippen LogP contribution in [0.25, 0.3) is 21.3 Å². The van der Waals surface area contributed by atoms with E-state index in [1.54, 1.807) is 0 Å². The van der Waals surface area contributed by atoms with Gasteiger partial charge in [-0.1, -0.05) is 23.8 Å². The quantitative estimate of drug-likeness (QED) is 0.491. The molecule has 136 valence electrons. The number of aryl methyl sites for hydroxylation is 2. The molecule has 2 aromatic heterocycles. The van der Waals surface area contributed by atoms with Crippen molar-refractivity contribution >= 4 is 27.5 Å². The third kappa shape index (κ3) is 3.68. The van der Waals surface area contributed by atoms with Gasteiger partial charge in [0.15, 0.2) is 0 Å². The fourth-order valence-corrected chi connectivity index (χ4v) is 3.72. The molecule has 0 bridgehead atoms. The van der Waals surface area contributed by atoms with E-state index < -0.39 is 5.97 Å². The molecule has 0 radical (unpaired) electrons. The fourth-order valence-electron chi connectivity index (χ4n) is 2.82. The first-order valence-corrected chi connectivity index (χ1v) is 9.08. The molecule has 0 atom stereocenters. The number of hydrogen-bond acceptors (Lipinski definition) is 6. The van der Waals surface area contributed by atoms with Crippen LogP contribution in [0.2, 0.25) is 0 Å². The molecule has 0 amide bonds. The Balaban J connectivity index is 1.98. The van der Waals surface area contributed by atoms with E-state index in [0.717, 1.165) is 16.7 Å². The van der Waals surface area contributed by atoms with Crippen LogP contribution < -0.4 is 5.56 Å². The minimum absolute atomic E-state index is 0.159. The summed E-state index contributed by atoms with van der Waals surface area (Å²) in [6.07, 6.45) is 1.39. The monoisotopic (exact) mass is 372 g/mol. The molecule has 0 aliphatic heterocycles. The van der Waals surface area contributed by atoms with Crippen LogP contribution in [0.1, 0.15) is 11.1 Å². The fraction of sp³-hybridized carbons (Fsp3) is 0.316. The van der Waals surface area contributed by atoms with E-state index in [9.17, 15) is 9.59 Å². The summed E-state index contributed by atoms with van der Waals surface area (Å²) in [5.74, 6) is -0.492. The Kier molecular flexibility index (Phi) is 5.49. The Morgan fingerprint density at radius 2 is 2.04 bits per heavy atom. The van der Waals surface area contributed by atoms with Crippen molar-refractivity contribution in [2.75, 3.05) is 20.3 Å². The number of carbonyl (C=O) groups excluding carboxylic acids is 1. The second-order valence-corrected chi connectivity index (χ2v) is 6.90. The molecule has 7 heteroatoms. The lowest BCUT2D eigenvalue weighted by atomic mass is 9.99. The molecule has 0 saturated carbocycles. The Morgan fingerprint density at radius 3 is 2.77 bits per heavy atom. The molecule has 0 aliphatic carbocycles. The van der Waals surface area contributed by atoms with Crippen molar-refractivity contribution < 1.29 is 14.3 Å². The van der Waals surface area contributed by atoms with Gasteiger partial charge in [-0.25, -0.2) is 4.98 Å². The average Bonchev–Trinajstić information content (AvgIpc) is 3.02. The maximum Gasteiger partial charge on any atom is 0.326 e. The largest absolute Gasteiger partial charge is 0.462 e. The van der Waals surface area contributed by atoms with Crippen molar-refractivity contribution in [3.05, 3.63) is 51.4 Å². The van der Waals surface area contributed by atoms with Crippen LogP contribution in [0.4, 0.5) is 0 Å². The summed E-state index contributed by atoms with van der Waals surface area (Å²) in [5.41, 5.74) is 3.87. The van der Waals surface area contributed by atoms with Crippen molar-refractivity contribution in [1.82, 2.24) is 9.55 Å². The van der Waals surface area contributed by atoms with Gasteiger partial charge in [0.2, 0.25) is 0 Å². The highest BCUT2D eigenvalue weighted by molar-refractivity contribution is 7.17. The predicted molar refractivity (Wildman–Crippen MR) is 102 cm³/mol. The lowest BCUT2D eigenvalue weighted by molar-refractivity contribution is -0.145. The van der Waals surface area contributed by atoms with Gasteiger partial charge in [-0.15, -0.1) is 11.3 Å². The number of methoxy groups -OCH3 is 1. The highest BCUT2D eigenvalue weighted by Crippen LogP contribution is 2.32. The molecule has 2 heterocycles. The summed E-state index contributed by atoms with van der Waals surface area (Å²) in [4.78, 5) is 29.8. The molecule has 3 aromatic rings. The SMILES string of the molecule is COCCOC(=O)Cn1cnc2scc(-c3ccc(C)cc3C)c2c1=O. The van der Waals surface area contributed by atoms with E-state index in [1.807, 2.05) is 31.4 Å². The minimum Gasteiger partial charge on any atom is -0.462 e.